The normalized spacial score (nSPS) is 17.8. The van der Waals surface area contributed by atoms with Gasteiger partial charge < -0.3 is 15.1 Å². The summed E-state index contributed by atoms with van der Waals surface area (Å²) < 4.78 is 0. The summed E-state index contributed by atoms with van der Waals surface area (Å²) in [5.41, 5.74) is 0. The van der Waals surface area contributed by atoms with E-state index in [1.165, 1.54) is 6.42 Å². The largest absolute Gasteiger partial charge is 0.342 e. The number of amides is 1. The monoisotopic (exact) mass is 327 g/mol. The Balaban J connectivity index is 0. The molecule has 0 saturated carbocycles. The molecule has 0 aromatic rings. The van der Waals surface area contributed by atoms with E-state index in [0.29, 0.717) is 18.2 Å². The molecule has 0 aromatic carbocycles. The fourth-order valence-electron chi connectivity index (χ4n) is 2.63. The maximum Gasteiger partial charge on any atom is 0.222 e. The molecule has 20 heavy (non-hydrogen) atoms. The highest BCUT2D eigenvalue weighted by atomic mass is 35.5. The lowest BCUT2D eigenvalue weighted by atomic mass is 10.1. The van der Waals surface area contributed by atoms with Crippen LogP contribution < -0.4 is 5.32 Å². The molecule has 1 aliphatic rings. The second kappa shape index (κ2) is 12.7. The molecule has 6 heteroatoms. The van der Waals surface area contributed by atoms with Crippen LogP contribution in [0.3, 0.4) is 0 Å². The molecule has 0 bridgehead atoms. The first-order chi connectivity index (χ1) is 8.71. The van der Waals surface area contributed by atoms with Crippen LogP contribution in [0.25, 0.3) is 0 Å². The van der Waals surface area contributed by atoms with E-state index in [0.717, 1.165) is 45.7 Å². The van der Waals surface area contributed by atoms with Gasteiger partial charge in [-0.3, -0.25) is 4.79 Å². The first-order valence-corrected chi connectivity index (χ1v) is 7.35. The van der Waals surface area contributed by atoms with Crippen molar-refractivity contribution in [2.24, 2.45) is 5.92 Å². The molecule has 0 spiro atoms. The molecule has 0 aromatic heterocycles. The molecule has 1 fully saturated rings. The molecule has 1 heterocycles. The smallest absolute Gasteiger partial charge is 0.222 e. The summed E-state index contributed by atoms with van der Waals surface area (Å²) in [6, 6.07) is 0. The van der Waals surface area contributed by atoms with Gasteiger partial charge in [0, 0.05) is 26.1 Å². The van der Waals surface area contributed by atoms with Gasteiger partial charge in [0.25, 0.3) is 0 Å². The molecular formula is C14H31Cl2N3O. The van der Waals surface area contributed by atoms with Crippen molar-refractivity contribution in [2.45, 2.75) is 33.1 Å². The van der Waals surface area contributed by atoms with Crippen LogP contribution >= 0.6 is 24.8 Å². The van der Waals surface area contributed by atoms with Gasteiger partial charge in [0.05, 0.1) is 0 Å². The van der Waals surface area contributed by atoms with E-state index < -0.39 is 0 Å². The topological polar surface area (TPSA) is 35.6 Å². The number of halogens is 2. The van der Waals surface area contributed by atoms with Crippen molar-refractivity contribution in [1.82, 2.24) is 15.1 Å². The van der Waals surface area contributed by atoms with Crippen LogP contribution in [0.5, 0.6) is 0 Å². The van der Waals surface area contributed by atoms with Crippen molar-refractivity contribution >= 4 is 30.7 Å². The zero-order valence-electron chi connectivity index (χ0n) is 13.1. The van der Waals surface area contributed by atoms with Crippen LogP contribution in [0.15, 0.2) is 0 Å². The number of hydrogen-bond acceptors (Lipinski definition) is 3. The summed E-state index contributed by atoms with van der Waals surface area (Å²) in [6.45, 7) is 10.7. The standard InChI is InChI=1S/C14H29N3O.2ClH/c1-4-16(5-2)11-13-8-10-17(12-13)14(18)7-6-9-15-3;;/h13,15H,4-12H2,1-3H3;2*1H. The minimum Gasteiger partial charge on any atom is -0.342 e. The van der Waals surface area contributed by atoms with Crippen LogP contribution in [0.2, 0.25) is 0 Å². The molecule has 1 saturated heterocycles. The van der Waals surface area contributed by atoms with Crippen LogP contribution in [0.1, 0.15) is 33.1 Å². The van der Waals surface area contributed by atoms with E-state index >= 15 is 0 Å². The van der Waals surface area contributed by atoms with Crippen LogP contribution in [0, 0.1) is 5.92 Å². The number of nitrogens with zero attached hydrogens (tertiary/aromatic N) is 2. The summed E-state index contributed by atoms with van der Waals surface area (Å²) >= 11 is 0. The number of likely N-dealkylation sites (tertiary alicyclic amines) is 1. The molecule has 122 valence electrons. The quantitative estimate of drug-likeness (QED) is 0.693. The summed E-state index contributed by atoms with van der Waals surface area (Å²) in [6.07, 6.45) is 2.82. The molecule has 1 atom stereocenters. The van der Waals surface area contributed by atoms with Gasteiger partial charge in [0.1, 0.15) is 0 Å². The van der Waals surface area contributed by atoms with Crippen molar-refractivity contribution in [3.8, 4) is 0 Å². The van der Waals surface area contributed by atoms with Crippen molar-refractivity contribution in [2.75, 3.05) is 46.3 Å². The van der Waals surface area contributed by atoms with E-state index in [4.69, 9.17) is 0 Å². The van der Waals surface area contributed by atoms with E-state index in [-0.39, 0.29) is 24.8 Å². The zero-order chi connectivity index (χ0) is 13.4. The number of carbonyl (C=O) groups excluding carboxylic acids is 1. The summed E-state index contributed by atoms with van der Waals surface area (Å²) in [5.74, 6) is 1.02. The molecule has 0 radical (unpaired) electrons. The highest BCUT2D eigenvalue weighted by molar-refractivity contribution is 5.85. The number of carbonyl (C=O) groups is 1. The van der Waals surface area contributed by atoms with Crippen LogP contribution in [-0.4, -0.2) is 62.0 Å². The van der Waals surface area contributed by atoms with Crippen molar-refractivity contribution in [3.05, 3.63) is 0 Å². The average molecular weight is 328 g/mol. The molecule has 1 unspecified atom stereocenters. The second-order valence-corrected chi connectivity index (χ2v) is 5.19. The van der Waals surface area contributed by atoms with E-state index in [1.54, 1.807) is 0 Å². The average Bonchev–Trinajstić information content (AvgIpc) is 2.84. The second-order valence-electron chi connectivity index (χ2n) is 5.19. The van der Waals surface area contributed by atoms with Gasteiger partial charge in [-0.15, -0.1) is 24.8 Å². The lowest BCUT2D eigenvalue weighted by molar-refractivity contribution is -0.130. The summed E-state index contributed by atoms with van der Waals surface area (Å²) in [5, 5.41) is 3.09. The summed E-state index contributed by atoms with van der Waals surface area (Å²) in [7, 11) is 1.93. The zero-order valence-corrected chi connectivity index (χ0v) is 14.7. The Bertz CT molecular complexity index is 251. The Morgan fingerprint density at radius 2 is 1.95 bits per heavy atom. The Morgan fingerprint density at radius 3 is 2.50 bits per heavy atom. The van der Waals surface area contributed by atoms with Crippen molar-refractivity contribution < 1.29 is 4.79 Å². The molecule has 1 aliphatic heterocycles. The first kappa shape index (κ1) is 22.3. The Kier molecular flexibility index (Phi) is 14.1. The highest BCUT2D eigenvalue weighted by Gasteiger charge is 2.26. The van der Waals surface area contributed by atoms with Gasteiger partial charge in [-0.25, -0.2) is 0 Å². The predicted molar refractivity (Wildman–Crippen MR) is 90.1 cm³/mol. The molecular weight excluding hydrogens is 297 g/mol. The maximum absolute atomic E-state index is 12.0. The van der Waals surface area contributed by atoms with Gasteiger partial charge in [0.15, 0.2) is 0 Å². The fourth-order valence-corrected chi connectivity index (χ4v) is 2.63. The Morgan fingerprint density at radius 1 is 1.30 bits per heavy atom. The molecule has 1 rings (SSSR count). The van der Waals surface area contributed by atoms with E-state index in [2.05, 4.69) is 29.0 Å². The van der Waals surface area contributed by atoms with Crippen LogP contribution in [0.4, 0.5) is 0 Å². The fraction of sp³-hybridized carbons (Fsp3) is 0.929. The SMILES string of the molecule is CCN(CC)CC1CCN(C(=O)CCCNC)C1.Cl.Cl. The number of rotatable bonds is 8. The van der Waals surface area contributed by atoms with Gasteiger partial charge in [0.2, 0.25) is 5.91 Å². The Labute approximate surface area is 136 Å². The van der Waals surface area contributed by atoms with Gasteiger partial charge >= 0.3 is 0 Å². The first-order valence-electron chi connectivity index (χ1n) is 7.35. The highest BCUT2D eigenvalue weighted by Crippen LogP contribution is 2.18. The van der Waals surface area contributed by atoms with Gasteiger partial charge in [-0.2, -0.15) is 0 Å². The molecule has 1 N–H and O–H groups in total. The van der Waals surface area contributed by atoms with Crippen molar-refractivity contribution in [1.29, 1.82) is 0 Å². The summed E-state index contributed by atoms with van der Waals surface area (Å²) in [4.78, 5) is 16.5. The predicted octanol–water partition coefficient (Wildman–Crippen LogP) is 2.02. The maximum atomic E-state index is 12.0. The van der Waals surface area contributed by atoms with Crippen LogP contribution in [-0.2, 0) is 4.79 Å². The molecule has 1 amide bonds. The minimum atomic E-state index is 0. The lowest BCUT2D eigenvalue weighted by Gasteiger charge is -2.22. The van der Waals surface area contributed by atoms with Gasteiger partial charge in [-0.05, 0) is 45.4 Å². The number of hydrogen-bond donors (Lipinski definition) is 1. The minimum absolute atomic E-state index is 0. The lowest BCUT2D eigenvalue weighted by Crippen LogP contribution is -2.33. The number of nitrogens with one attached hydrogen (secondary N) is 1. The van der Waals surface area contributed by atoms with Crippen molar-refractivity contribution in [3.63, 3.8) is 0 Å². The van der Waals surface area contributed by atoms with E-state index in [9.17, 15) is 4.79 Å². The van der Waals surface area contributed by atoms with Gasteiger partial charge in [-0.1, -0.05) is 13.8 Å². The van der Waals surface area contributed by atoms with E-state index in [1.807, 2.05) is 7.05 Å². The third kappa shape index (κ3) is 7.67. The molecule has 0 aliphatic carbocycles. The third-order valence-electron chi connectivity index (χ3n) is 3.87. The third-order valence-corrected chi connectivity index (χ3v) is 3.87. The Hall–Kier alpha value is -0.0300. The molecule has 4 nitrogen and oxygen atoms in total.